The molecular formula is C50H83N5O14S. The number of Topliss-reactive ketones (excluding diaryl/α,β-unsaturated/α-hetero) is 1. The van der Waals surface area contributed by atoms with Gasteiger partial charge in [-0.15, -0.1) is 5.10 Å². The smallest absolute Gasteiger partial charge is 0.309 e. The number of ketones is 1. The number of sulfone groups is 1. The van der Waals surface area contributed by atoms with Crippen molar-refractivity contribution >= 4 is 21.6 Å². The summed E-state index contributed by atoms with van der Waals surface area (Å²) >= 11 is 0. The second-order valence-electron chi connectivity index (χ2n) is 21.6. The van der Waals surface area contributed by atoms with E-state index in [4.69, 9.17) is 23.7 Å². The molecule has 70 heavy (non-hydrogen) atoms. The number of rotatable bonds is 13. The molecule has 0 bridgehead atoms. The van der Waals surface area contributed by atoms with Crippen molar-refractivity contribution in [3.05, 3.63) is 41.7 Å². The summed E-state index contributed by atoms with van der Waals surface area (Å²) < 4.78 is 57.2. The molecule has 1 aromatic heterocycles. The number of carbonyl (C=O) groups excluding carboxylic acids is 2. The third-order valence-electron chi connectivity index (χ3n) is 15.7. The normalized spacial score (nSPS) is 40.1. The molecule has 5 rings (SSSR count). The van der Waals surface area contributed by atoms with E-state index in [1.54, 1.807) is 47.7 Å². The summed E-state index contributed by atoms with van der Waals surface area (Å²) in [5, 5.41) is 68.4. The molecule has 3 aliphatic heterocycles. The maximum Gasteiger partial charge on any atom is 0.309 e. The molecule has 2 aromatic rings. The summed E-state index contributed by atoms with van der Waals surface area (Å²) in [6.45, 7) is 18.5. The minimum absolute atomic E-state index is 0.0981. The highest BCUT2D eigenvalue weighted by molar-refractivity contribution is 7.90. The average molecular weight is 1010 g/mol. The van der Waals surface area contributed by atoms with Crippen molar-refractivity contribution in [2.24, 2.45) is 23.7 Å². The number of hydrogen-bond donors (Lipinski definition) is 5. The van der Waals surface area contributed by atoms with Crippen LogP contribution in [-0.4, -0.2) is 195 Å². The summed E-state index contributed by atoms with van der Waals surface area (Å²) in [7, 11) is 1.82. The zero-order valence-electron chi connectivity index (χ0n) is 43.8. The van der Waals surface area contributed by atoms with Crippen molar-refractivity contribution in [2.75, 3.05) is 40.6 Å². The number of ether oxygens (including phenoxy) is 5. The molecule has 1 aromatic carbocycles. The summed E-state index contributed by atoms with van der Waals surface area (Å²) in [6, 6.07) is 4.69. The molecule has 20 heteroatoms. The molecule has 3 aliphatic rings. The predicted molar refractivity (Wildman–Crippen MR) is 259 cm³/mol. The SMILES string of the molecule is CC[C@H]1OC(=O)[C@H](C)[C@@H](C2C[C@@](C)(OC)[C@@H](O)[C@H](C)O2)[C@H](C)[C@@H](O[C@@H]2O[C@H](C)C[C@H](N(C)CCc3cn(CC(=O)c4ccc(S(C)(=O)=O)cc4)nn3)[C@H]2O)[C@](C)(O)C[C@@H](C)CN(C)[C@H](C)[C@@H](O)[C@]1(C)O. The van der Waals surface area contributed by atoms with Crippen LogP contribution in [0.2, 0.25) is 0 Å². The van der Waals surface area contributed by atoms with Crippen LogP contribution in [0.3, 0.4) is 0 Å². The van der Waals surface area contributed by atoms with E-state index in [1.165, 1.54) is 43.0 Å². The molecule has 398 valence electrons. The average Bonchev–Trinajstić information content (AvgIpc) is 3.74. The molecule has 0 spiro atoms. The number of esters is 1. The first-order valence-corrected chi connectivity index (χ1v) is 26.7. The first-order valence-electron chi connectivity index (χ1n) is 24.8. The lowest BCUT2D eigenvalue weighted by Gasteiger charge is -2.51. The summed E-state index contributed by atoms with van der Waals surface area (Å²) in [5.74, 6) is -3.54. The number of nitrogens with zero attached hydrogens (tertiary/aromatic N) is 5. The van der Waals surface area contributed by atoms with E-state index in [9.17, 15) is 43.5 Å². The van der Waals surface area contributed by atoms with Crippen LogP contribution in [0.15, 0.2) is 35.4 Å². The number of benzene rings is 1. The minimum atomic E-state index is -3.41. The van der Waals surface area contributed by atoms with Gasteiger partial charge in [0.1, 0.15) is 36.6 Å². The molecule has 18 atom stereocenters. The largest absolute Gasteiger partial charge is 0.459 e. The number of aromatic nitrogens is 3. The third-order valence-corrected chi connectivity index (χ3v) is 16.8. The lowest BCUT2D eigenvalue weighted by atomic mass is 9.68. The first kappa shape index (κ1) is 57.9. The van der Waals surface area contributed by atoms with Gasteiger partial charge in [-0.05, 0) is 98.9 Å². The van der Waals surface area contributed by atoms with Gasteiger partial charge in [0.05, 0.1) is 52.1 Å². The summed E-state index contributed by atoms with van der Waals surface area (Å²) in [6.07, 6.45) is -4.57. The Kier molecular flexibility index (Phi) is 19.1. The fourth-order valence-electron chi connectivity index (χ4n) is 11.3. The lowest BCUT2D eigenvalue weighted by molar-refractivity contribution is -0.302. The topological polar surface area (TPSA) is 253 Å². The number of aliphatic hydroxyl groups excluding tert-OH is 3. The molecule has 4 heterocycles. The molecule has 0 aliphatic carbocycles. The highest BCUT2D eigenvalue weighted by Crippen LogP contribution is 2.45. The summed E-state index contributed by atoms with van der Waals surface area (Å²) in [5.41, 5.74) is -3.57. The number of carbonyl (C=O) groups is 2. The Morgan fingerprint density at radius 2 is 1.63 bits per heavy atom. The van der Waals surface area contributed by atoms with E-state index in [0.717, 1.165) is 6.26 Å². The Bertz CT molecular complexity index is 2160. The van der Waals surface area contributed by atoms with Gasteiger partial charge in [-0.2, -0.15) is 0 Å². The zero-order valence-corrected chi connectivity index (χ0v) is 44.6. The molecule has 0 saturated carbocycles. The molecule has 19 nitrogen and oxygen atoms in total. The number of hydrogen-bond acceptors (Lipinski definition) is 18. The molecule has 3 saturated heterocycles. The number of cyclic esters (lactones) is 1. The van der Waals surface area contributed by atoms with Crippen LogP contribution in [0.4, 0.5) is 0 Å². The molecule has 3 fully saturated rings. The van der Waals surface area contributed by atoms with Gasteiger partial charge in [0.15, 0.2) is 21.9 Å². The van der Waals surface area contributed by atoms with E-state index < -0.39 is 118 Å². The van der Waals surface area contributed by atoms with Crippen molar-refractivity contribution in [3.63, 3.8) is 0 Å². The number of likely N-dealkylation sites (N-methyl/N-ethyl adjacent to an activating group) is 2. The van der Waals surface area contributed by atoms with Crippen LogP contribution in [0.5, 0.6) is 0 Å². The molecule has 0 amide bonds. The maximum atomic E-state index is 14.6. The van der Waals surface area contributed by atoms with Crippen molar-refractivity contribution < 1.29 is 67.2 Å². The standard InChI is InChI=1S/C50H83N5O14S/c1-15-40-50(10,62)43(58)32(6)54(12)25-28(2)23-48(8,61)45(30(4)41(31(5)46(60)68-40)39-24-49(9,65-13)44(59)33(7)67-39)69-47-42(57)37(22-29(3)66-47)53(11)21-20-35-26-55(52-51-35)27-38(56)34-16-18-36(19-17-34)70(14,63)64/h16-19,26,28-33,37,39-45,47,57-59,61-62H,15,20-25,27H2,1-14H3/t28-,29-,30+,31-,32-,33+,37+,39?,40-,41+,42-,43-,44+,45-,47+,48-,49-,50-/m1/s1. The van der Waals surface area contributed by atoms with E-state index in [-0.39, 0.29) is 42.4 Å². The quantitative estimate of drug-likeness (QED) is 0.143. The first-order chi connectivity index (χ1) is 32.4. The molecular weight excluding hydrogens is 927 g/mol. The van der Waals surface area contributed by atoms with Crippen LogP contribution in [0, 0.1) is 23.7 Å². The Morgan fingerprint density at radius 3 is 2.23 bits per heavy atom. The Balaban J connectivity index is 1.44. The second kappa shape index (κ2) is 23.1. The van der Waals surface area contributed by atoms with Gasteiger partial charge < -0.3 is 59.0 Å². The van der Waals surface area contributed by atoms with Crippen LogP contribution in [0.1, 0.15) is 111 Å². The highest BCUT2D eigenvalue weighted by Gasteiger charge is 2.55. The van der Waals surface area contributed by atoms with E-state index in [1.807, 2.05) is 44.7 Å². The van der Waals surface area contributed by atoms with Gasteiger partial charge in [-0.1, -0.05) is 45.0 Å². The van der Waals surface area contributed by atoms with E-state index in [2.05, 4.69) is 10.3 Å². The highest BCUT2D eigenvalue weighted by atomic mass is 32.2. The van der Waals surface area contributed by atoms with Gasteiger partial charge in [0, 0.05) is 69.1 Å². The van der Waals surface area contributed by atoms with Crippen molar-refractivity contribution in [3.8, 4) is 0 Å². The van der Waals surface area contributed by atoms with Crippen LogP contribution < -0.4 is 0 Å². The molecule has 0 radical (unpaired) electrons. The fraction of sp³-hybridized carbons (Fsp3) is 0.800. The summed E-state index contributed by atoms with van der Waals surface area (Å²) in [4.78, 5) is 31.6. The van der Waals surface area contributed by atoms with E-state index in [0.29, 0.717) is 37.2 Å². The third kappa shape index (κ3) is 13.2. The Labute approximate surface area is 415 Å². The Morgan fingerprint density at radius 1 is 0.986 bits per heavy atom. The van der Waals surface area contributed by atoms with Crippen LogP contribution in [0.25, 0.3) is 0 Å². The van der Waals surface area contributed by atoms with Gasteiger partial charge in [0.2, 0.25) is 0 Å². The van der Waals surface area contributed by atoms with Crippen LogP contribution in [-0.2, 0) is 51.3 Å². The van der Waals surface area contributed by atoms with Crippen molar-refractivity contribution in [2.45, 2.75) is 197 Å². The maximum absolute atomic E-state index is 14.6. The Hall–Kier alpha value is -2.99. The van der Waals surface area contributed by atoms with Crippen molar-refractivity contribution in [1.29, 1.82) is 0 Å². The van der Waals surface area contributed by atoms with Gasteiger partial charge in [-0.25, -0.2) is 13.1 Å². The fourth-order valence-corrected chi connectivity index (χ4v) is 12.0. The minimum Gasteiger partial charge on any atom is -0.459 e. The van der Waals surface area contributed by atoms with Gasteiger partial charge in [0.25, 0.3) is 0 Å². The predicted octanol–water partition coefficient (Wildman–Crippen LogP) is 2.67. The van der Waals surface area contributed by atoms with Gasteiger partial charge in [-0.3, -0.25) is 9.59 Å². The number of aliphatic hydroxyl groups is 5. The lowest BCUT2D eigenvalue weighted by Crippen LogP contribution is -2.62. The monoisotopic (exact) mass is 1010 g/mol. The second-order valence-corrected chi connectivity index (χ2v) is 23.7. The van der Waals surface area contributed by atoms with Gasteiger partial charge >= 0.3 is 5.97 Å². The van der Waals surface area contributed by atoms with Crippen molar-refractivity contribution in [1.82, 2.24) is 24.8 Å². The molecule has 1 unspecified atom stereocenters. The van der Waals surface area contributed by atoms with Crippen LogP contribution >= 0.6 is 0 Å². The number of methoxy groups -OCH3 is 1. The molecule has 5 N–H and O–H groups in total. The zero-order chi connectivity index (χ0) is 52.4. The van der Waals surface area contributed by atoms with E-state index >= 15 is 0 Å².